The van der Waals surface area contributed by atoms with E-state index in [1.54, 1.807) is 6.07 Å². The van der Waals surface area contributed by atoms with Crippen molar-refractivity contribution in [2.24, 2.45) is 0 Å². The van der Waals surface area contributed by atoms with Crippen LogP contribution in [0.25, 0.3) is 5.53 Å². The number of sulfone groups is 1. The van der Waals surface area contributed by atoms with Gasteiger partial charge < -0.3 is 10.6 Å². The smallest absolute Gasteiger partial charge is 0.390 e. The van der Waals surface area contributed by atoms with Crippen LogP contribution in [0.2, 0.25) is 0 Å². The molecule has 0 spiro atoms. The third-order valence-electron chi connectivity index (χ3n) is 2.23. The average Bonchev–Trinajstić information content (AvgIpc) is 2.28. The Morgan fingerprint density at radius 3 is 2.26 bits per heavy atom. The first-order valence-electron chi connectivity index (χ1n) is 5.46. The van der Waals surface area contributed by atoms with Crippen LogP contribution < -0.4 is 0 Å². The van der Waals surface area contributed by atoms with Crippen LogP contribution in [0.1, 0.15) is 20.3 Å². The van der Waals surface area contributed by atoms with Crippen molar-refractivity contribution in [3.8, 4) is 0 Å². The summed E-state index contributed by atoms with van der Waals surface area (Å²) in [6.07, 6.45) is -0.460. The highest BCUT2D eigenvalue weighted by Gasteiger charge is 2.39. The molecule has 0 saturated heterocycles. The van der Waals surface area contributed by atoms with Crippen LogP contribution in [0.4, 0.5) is 0 Å². The molecule has 0 fully saturated rings. The lowest BCUT2D eigenvalue weighted by atomic mass is 10.0. The summed E-state index contributed by atoms with van der Waals surface area (Å²) >= 11 is 0. The van der Waals surface area contributed by atoms with E-state index in [1.165, 1.54) is 38.1 Å². The molecule has 0 aliphatic carbocycles. The quantitative estimate of drug-likeness (QED) is 0.381. The zero-order valence-electron chi connectivity index (χ0n) is 10.6. The van der Waals surface area contributed by atoms with Crippen LogP contribution in [-0.4, -0.2) is 34.7 Å². The van der Waals surface area contributed by atoms with Gasteiger partial charge >= 0.3 is 5.04 Å². The van der Waals surface area contributed by atoms with Crippen molar-refractivity contribution in [1.29, 1.82) is 0 Å². The van der Waals surface area contributed by atoms with E-state index < -0.39 is 32.7 Å². The summed E-state index contributed by atoms with van der Waals surface area (Å²) in [4.78, 5) is 14.2. The molecule has 0 saturated carbocycles. The minimum absolute atomic E-state index is 0.146. The van der Waals surface area contributed by atoms with Gasteiger partial charge in [-0.05, 0) is 26.0 Å². The van der Waals surface area contributed by atoms with Crippen LogP contribution in [0.3, 0.4) is 0 Å². The SMILES string of the molecule is CC(C)(O)CC(=O)C(=[N+]=[N-])S(=O)(=O)c1ccccc1. The summed E-state index contributed by atoms with van der Waals surface area (Å²) < 4.78 is 24.2. The lowest BCUT2D eigenvalue weighted by Gasteiger charge is -2.13. The second-order valence-electron chi connectivity index (χ2n) is 4.63. The minimum atomic E-state index is -4.18. The summed E-state index contributed by atoms with van der Waals surface area (Å²) in [5.41, 5.74) is 7.41. The molecular formula is C12H14N2O4S. The number of hydrogen-bond acceptors (Lipinski definition) is 4. The van der Waals surface area contributed by atoms with Gasteiger partial charge in [-0.2, -0.15) is 0 Å². The van der Waals surface area contributed by atoms with Crippen LogP contribution in [0.5, 0.6) is 0 Å². The van der Waals surface area contributed by atoms with Crippen LogP contribution in [0, 0.1) is 0 Å². The van der Waals surface area contributed by atoms with Gasteiger partial charge in [0.25, 0.3) is 15.6 Å². The molecule has 6 nitrogen and oxygen atoms in total. The molecule has 0 atom stereocenters. The molecule has 0 aliphatic heterocycles. The fourth-order valence-corrected chi connectivity index (χ4v) is 2.66. The molecule has 0 bridgehead atoms. The van der Waals surface area contributed by atoms with Gasteiger partial charge in [-0.3, -0.25) is 4.79 Å². The van der Waals surface area contributed by atoms with Crippen molar-refractivity contribution in [1.82, 2.24) is 0 Å². The first kappa shape index (κ1) is 15.2. The van der Waals surface area contributed by atoms with Crippen molar-refractivity contribution in [2.75, 3.05) is 0 Å². The van der Waals surface area contributed by atoms with E-state index in [0.29, 0.717) is 0 Å². The first-order valence-corrected chi connectivity index (χ1v) is 6.94. The van der Waals surface area contributed by atoms with Crippen LogP contribution in [-0.2, 0) is 14.6 Å². The zero-order chi connectivity index (χ0) is 14.7. The van der Waals surface area contributed by atoms with E-state index >= 15 is 0 Å². The molecule has 1 rings (SSSR count). The molecule has 0 unspecified atom stereocenters. The molecule has 0 radical (unpaired) electrons. The van der Waals surface area contributed by atoms with Crippen molar-refractivity contribution in [3.05, 3.63) is 35.9 Å². The van der Waals surface area contributed by atoms with E-state index in [1.807, 2.05) is 0 Å². The van der Waals surface area contributed by atoms with E-state index in [4.69, 9.17) is 5.53 Å². The van der Waals surface area contributed by atoms with E-state index in [9.17, 15) is 18.3 Å². The molecule has 1 N–H and O–H groups in total. The Kier molecular flexibility index (Phi) is 4.36. The molecular weight excluding hydrogens is 268 g/mol. The lowest BCUT2D eigenvalue weighted by Crippen LogP contribution is -2.32. The van der Waals surface area contributed by atoms with Gasteiger partial charge in [-0.25, -0.2) is 8.42 Å². The second-order valence-corrected chi connectivity index (χ2v) is 6.50. The van der Waals surface area contributed by atoms with Crippen molar-refractivity contribution in [2.45, 2.75) is 30.8 Å². The maximum Gasteiger partial charge on any atom is 0.452 e. The molecule has 0 amide bonds. The van der Waals surface area contributed by atoms with Crippen molar-refractivity contribution >= 4 is 20.7 Å². The third-order valence-corrected chi connectivity index (χ3v) is 3.94. The highest BCUT2D eigenvalue weighted by molar-refractivity contribution is 8.08. The highest BCUT2D eigenvalue weighted by Crippen LogP contribution is 2.15. The number of carbonyl (C=O) groups excluding carboxylic acids is 1. The first-order chi connectivity index (χ1) is 8.68. The molecule has 1 aromatic carbocycles. The largest absolute Gasteiger partial charge is 0.452 e. The summed E-state index contributed by atoms with van der Waals surface area (Å²) in [7, 11) is -4.18. The summed E-state index contributed by atoms with van der Waals surface area (Å²) in [6, 6.07) is 7.17. The maximum absolute atomic E-state index is 12.1. The number of rotatable bonds is 4. The van der Waals surface area contributed by atoms with Gasteiger partial charge in [-0.1, -0.05) is 18.2 Å². The standard InChI is InChI=1S/C12H14N2O4S/c1-12(2,16)8-10(15)11(14-13)19(17,18)9-6-4-3-5-7-9/h3-7,16H,8H2,1-2H3. The molecule has 0 aliphatic rings. The molecule has 19 heavy (non-hydrogen) atoms. The maximum atomic E-state index is 12.1. The Labute approximate surface area is 111 Å². The van der Waals surface area contributed by atoms with Gasteiger partial charge in [0, 0.05) is 6.42 Å². The minimum Gasteiger partial charge on any atom is -0.390 e. The van der Waals surface area contributed by atoms with Crippen LogP contribution in [0.15, 0.2) is 35.2 Å². The Hall–Kier alpha value is -1.82. The Morgan fingerprint density at radius 2 is 1.84 bits per heavy atom. The fraction of sp³-hybridized carbons (Fsp3) is 0.333. The van der Waals surface area contributed by atoms with Crippen molar-refractivity contribution in [3.63, 3.8) is 0 Å². The van der Waals surface area contributed by atoms with Crippen LogP contribution >= 0.6 is 0 Å². The van der Waals surface area contributed by atoms with E-state index in [2.05, 4.69) is 4.79 Å². The lowest BCUT2D eigenvalue weighted by molar-refractivity contribution is -0.120. The monoisotopic (exact) mass is 282 g/mol. The Morgan fingerprint density at radius 1 is 1.32 bits per heavy atom. The highest BCUT2D eigenvalue weighted by atomic mass is 32.2. The topological polar surface area (TPSA) is 108 Å². The number of carbonyl (C=O) groups is 1. The van der Waals surface area contributed by atoms with Gasteiger partial charge in [0.15, 0.2) is 0 Å². The van der Waals surface area contributed by atoms with E-state index in [0.717, 1.165) is 0 Å². The van der Waals surface area contributed by atoms with Crippen molar-refractivity contribution < 1.29 is 23.1 Å². The predicted molar refractivity (Wildman–Crippen MR) is 68.2 cm³/mol. The Balaban J connectivity index is 3.20. The summed E-state index contributed by atoms with van der Waals surface area (Å²) in [5, 5.41) is 8.55. The van der Waals surface area contributed by atoms with Gasteiger partial charge in [0.1, 0.15) is 0 Å². The Bertz CT molecular complexity index is 623. The molecule has 1 aromatic rings. The number of nitrogens with zero attached hydrogens (tertiary/aromatic N) is 2. The number of benzene rings is 1. The summed E-state index contributed by atoms with van der Waals surface area (Å²) in [5.74, 6) is -0.946. The normalized spacial score (nSPS) is 11.7. The van der Waals surface area contributed by atoms with Gasteiger partial charge in [0.05, 0.1) is 10.5 Å². The summed E-state index contributed by atoms with van der Waals surface area (Å²) in [6.45, 7) is 2.71. The molecule has 7 heteroatoms. The zero-order valence-corrected chi connectivity index (χ0v) is 11.4. The molecule has 0 heterocycles. The number of ketones is 1. The second kappa shape index (κ2) is 5.44. The average molecular weight is 282 g/mol. The number of Topliss-reactive ketones (excluding diaryl/α,β-unsaturated/α-hetero) is 1. The number of aliphatic hydroxyl groups is 1. The van der Waals surface area contributed by atoms with Gasteiger partial charge in [0.2, 0.25) is 0 Å². The number of hydrogen-bond donors (Lipinski definition) is 1. The predicted octanol–water partition coefficient (Wildman–Crippen LogP) is 0.819. The fourth-order valence-electron chi connectivity index (χ4n) is 1.44. The van der Waals surface area contributed by atoms with E-state index in [-0.39, 0.29) is 4.90 Å². The van der Waals surface area contributed by atoms with Gasteiger partial charge in [-0.15, -0.1) is 4.79 Å². The third kappa shape index (κ3) is 3.82. The molecule has 0 aromatic heterocycles. The molecule has 102 valence electrons.